The standard InChI is InChI=1S/C14H15F2NO2S/c15-14(16)9-6-10(8-13(14,18)7-9)17-12(20)19-11-4-2-1-3-5-11/h1-5,9-10,18H,6-8H2,(H,17,20)/t9?,10-,13+/m1/s1. The van der Waals surface area contributed by atoms with E-state index < -0.39 is 17.4 Å². The maximum absolute atomic E-state index is 13.5. The minimum Gasteiger partial charge on any atom is -0.432 e. The van der Waals surface area contributed by atoms with Crippen LogP contribution in [0, 0.1) is 5.92 Å². The number of hydrogen-bond acceptors (Lipinski definition) is 3. The summed E-state index contributed by atoms with van der Waals surface area (Å²) in [5.41, 5.74) is -1.88. The first-order valence-corrected chi connectivity index (χ1v) is 6.95. The minimum absolute atomic E-state index is 0.00517. The third kappa shape index (κ3) is 2.16. The van der Waals surface area contributed by atoms with Crippen LogP contribution in [-0.4, -0.2) is 27.8 Å². The van der Waals surface area contributed by atoms with Gasteiger partial charge in [0.05, 0.1) is 0 Å². The summed E-state index contributed by atoms with van der Waals surface area (Å²) in [5.74, 6) is -3.14. The molecule has 0 radical (unpaired) electrons. The van der Waals surface area contributed by atoms with E-state index >= 15 is 0 Å². The van der Waals surface area contributed by atoms with Crippen molar-refractivity contribution in [3.05, 3.63) is 30.3 Å². The molecule has 1 aromatic rings. The second-order valence-electron chi connectivity index (χ2n) is 5.54. The van der Waals surface area contributed by atoms with Gasteiger partial charge in [0.25, 0.3) is 11.1 Å². The number of alkyl halides is 2. The zero-order chi connectivity index (χ0) is 14.4. The van der Waals surface area contributed by atoms with Gasteiger partial charge in [-0.3, -0.25) is 0 Å². The summed E-state index contributed by atoms with van der Waals surface area (Å²) in [4.78, 5) is 0. The summed E-state index contributed by atoms with van der Waals surface area (Å²) in [6.07, 6.45) is 0.465. The predicted octanol–water partition coefficient (Wildman–Crippen LogP) is 2.49. The molecule has 3 aliphatic carbocycles. The van der Waals surface area contributed by atoms with Gasteiger partial charge in [0.2, 0.25) is 0 Å². The van der Waals surface area contributed by atoms with Crippen molar-refractivity contribution in [2.45, 2.75) is 36.8 Å². The summed E-state index contributed by atoms with van der Waals surface area (Å²) < 4.78 is 32.5. The van der Waals surface area contributed by atoms with Gasteiger partial charge >= 0.3 is 0 Å². The van der Waals surface area contributed by atoms with Crippen molar-refractivity contribution in [2.75, 3.05) is 0 Å². The SMILES string of the molecule is O[C@@]12CC(C[C@@H](NC(=S)Oc3ccccc3)C1)C2(F)F. The number of aliphatic hydroxyl groups is 1. The first-order valence-electron chi connectivity index (χ1n) is 6.54. The lowest BCUT2D eigenvalue weighted by Crippen LogP contribution is -2.70. The van der Waals surface area contributed by atoms with E-state index in [0.717, 1.165) is 0 Å². The van der Waals surface area contributed by atoms with E-state index in [1.54, 1.807) is 12.1 Å². The Morgan fingerprint density at radius 2 is 2.00 bits per heavy atom. The fourth-order valence-corrected chi connectivity index (χ4v) is 3.37. The molecule has 1 aromatic carbocycles. The number of rotatable bonds is 2. The van der Waals surface area contributed by atoms with E-state index in [4.69, 9.17) is 17.0 Å². The summed E-state index contributed by atoms with van der Waals surface area (Å²) >= 11 is 5.06. The average molecular weight is 299 g/mol. The van der Waals surface area contributed by atoms with Crippen LogP contribution in [0.2, 0.25) is 0 Å². The molecule has 20 heavy (non-hydrogen) atoms. The lowest BCUT2D eigenvalue weighted by atomic mass is 9.57. The van der Waals surface area contributed by atoms with Crippen LogP contribution in [0.25, 0.3) is 0 Å². The molecule has 6 heteroatoms. The molecule has 0 amide bonds. The molecule has 108 valence electrons. The van der Waals surface area contributed by atoms with Gasteiger partial charge in [-0.15, -0.1) is 0 Å². The number of hydrogen-bond donors (Lipinski definition) is 2. The molecule has 3 aliphatic rings. The Balaban J connectivity index is 1.57. The number of benzene rings is 1. The van der Waals surface area contributed by atoms with Crippen LogP contribution >= 0.6 is 12.2 Å². The molecule has 0 saturated heterocycles. The molecule has 2 N–H and O–H groups in total. The van der Waals surface area contributed by atoms with Gasteiger partial charge in [-0.05, 0) is 37.2 Å². The van der Waals surface area contributed by atoms with Crippen molar-refractivity contribution in [2.24, 2.45) is 5.92 Å². The van der Waals surface area contributed by atoms with Crippen molar-refractivity contribution < 1.29 is 18.6 Å². The third-order valence-electron chi connectivity index (χ3n) is 4.15. The molecular weight excluding hydrogens is 284 g/mol. The van der Waals surface area contributed by atoms with Gasteiger partial charge in [-0.1, -0.05) is 18.2 Å². The Morgan fingerprint density at radius 1 is 1.30 bits per heavy atom. The Kier molecular flexibility index (Phi) is 3.17. The van der Waals surface area contributed by atoms with E-state index in [-0.39, 0.29) is 24.1 Å². The normalized spacial score (nSPS) is 34.0. The molecule has 3 fully saturated rings. The lowest BCUT2D eigenvalue weighted by Gasteiger charge is -2.57. The van der Waals surface area contributed by atoms with Crippen molar-refractivity contribution in [3.8, 4) is 5.75 Å². The van der Waals surface area contributed by atoms with Crippen molar-refractivity contribution in [3.63, 3.8) is 0 Å². The number of halogens is 2. The molecule has 1 unspecified atom stereocenters. The van der Waals surface area contributed by atoms with Gasteiger partial charge in [-0.2, -0.15) is 0 Å². The molecule has 4 rings (SSSR count). The molecule has 3 atom stereocenters. The van der Waals surface area contributed by atoms with Crippen LogP contribution in [0.1, 0.15) is 19.3 Å². The second-order valence-corrected chi connectivity index (χ2v) is 5.91. The molecule has 2 bridgehead atoms. The first kappa shape index (κ1) is 13.7. The van der Waals surface area contributed by atoms with Crippen molar-refractivity contribution in [1.82, 2.24) is 5.32 Å². The Labute approximate surface area is 120 Å². The van der Waals surface area contributed by atoms with Crippen molar-refractivity contribution in [1.29, 1.82) is 0 Å². The molecule has 3 saturated carbocycles. The minimum atomic E-state index is -2.97. The monoisotopic (exact) mass is 299 g/mol. The smallest absolute Gasteiger partial charge is 0.279 e. The summed E-state index contributed by atoms with van der Waals surface area (Å²) in [6, 6.07) is 8.74. The van der Waals surface area contributed by atoms with Crippen LogP contribution in [-0.2, 0) is 0 Å². The van der Waals surface area contributed by atoms with Crippen LogP contribution in [0.3, 0.4) is 0 Å². The Morgan fingerprint density at radius 3 is 2.60 bits per heavy atom. The molecule has 0 aliphatic heterocycles. The highest BCUT2D eigenvalue weighted by atomic mass is 32.1. The van der Waals surface area contributed by atoms with E-state index in [1.165, 1.54) is 0 Å². The third-order valence-corrected chi connectivity index (χ3v) is 4.35. The van der Waals surface area contributed by atoms with Gasteiger partial charge in [0.15, 0.2) is 0 Å². The van der Waals surface area contributed by atoms with Gasteiger partial charge < -0.3 is 15.2 Å². The Hall–Kier alpha value is -1.27. The van der Waals surface area contributed by atoms with Gasteiger partial charge in [0, 0.05) is 18.4 Å². The highest BCUT2D eigenvalue weighted by Crippen LogP contribution is 2.59. The predicted molar refractivity (Wildman–Crippen MR) is 73.8 cm³/mol. The average Bonchev–Trinajstić information content (AvgIpc) is 2.39. The lowest BCUT2D eigenvalue weighted by molar-refractivity contribution is -0.313. The van der Waals surface area contributed by atoms with Crippen LogP contribution in [0.4, 0.5) is 8.78 Å². The zero-order valence-corrected chi connectivity index (χ0v) is 11.5. The fraction of sp³-hybridized carbons (Fsp3) is 0.500. The largest absolute Gasteiger partial charge is 0.432 e. The number of para-hydroxylation sites is 1. The van der Waals surface area contributed by atoms with E-state index in [2.05, 4.69) is 5.32 Å². The number of thiocarbonyl (C=S) groups is 1. The molecule has 0 heterocycles. The summed E-state index contributed by atoms with van der Waals surface area (Å²) in [7, 11) is 0. The second kappa shape index (κ2) is 4.63. The molecule has 3 nitrogen and oxygen atoms in total. The first-order chi connectivity index (χ1) is 9.41. The summed E-state index contributed by atoms with van der Waals surface area (Å²) in [5, 5.41) is 12.9. The van der Waals surface area contributed by atoms with E-state index in [1.807, 2.05) is 18.2 Å². The molecular formula is C14H15F2NO2S. The quantitative estimate of drug-likeness (QED) is 0.823. The Bertz CT molecular complexity index is 525. The topological polar surface area (TPSA) is 41.5 Å². The maximum Gasteiger partial charge on any atom is 0.279 e. The van der Waals surface area contributed by atoms with Gasteiger partial charge in [-0.25, -0.2) is 8.78 Å². The van der Waals surface area contributed by atoms with Gasteiger partial charge in [0.1, 0.15) is 11.4 Å². The number of fused-ring (bicyclic) bond motifs is 2. The van der Waals surface area contributed by atoms with Crippen LogP contribution in [0.15, 0.2) is 30.3 Å². The number of ether oxygens (including phenoxy) is 1. The van der Waals surface area contributed by atoms with Crippen LogP contribution in [0.5, 0.6) is 5.75 Å². The molecule has 0 spiro atoms. The van der Waals surface area contributed by atoms with Crippen molar-refractivity contribution >= 4 is 17.4 Å². The van der Waals surface area contributed by atoms with Crippen LogP contribution < -0.4 is 10.1 Å². The summed E-state index contributed by atoms with van der Waals surface area (Å²) in [6.45, 7) is 0. The number of nitrogens with one attached hydrogen (secondary N) is 1. The maximum atomic E-state index is 13.5. The van der Waals surface area contributed by atoms with E-state index in [0.29, 0.717) is 12.2 Å². The highest BCUT2D eigenvalue weighted by molar-refractivity contribution is 7.80. The fourth-order valence-electron chi connectivity index (χ4n) is 3.11. The molecule has 0 aromatic heterocycles. The highest BCUT2D eigenvalue weighted by Gasteiger charge is 2.71. The van der Waals surface area contributed by atoms with E-state index in [9.17, 15) is 13.9 Å². The zero-order valence-electron chi connectivity index (χ0n) is 10.7.